The fourth-order valence-electron chi connectivity index (χ4n) is 3.52. The standard InChI is InChI=1S/C18H23N5O2.C2HF3O2/c24-18(16-4-12-25-14-16)22-9-8-21(10-11-23-7-2-6-20-23)17-15(13-22)3-1-5-19-17;3-2(4,5)1(6)7/h1-3,5-7,16H,4,8-14H2;(H,6,7). The number of carboxylic acids is 1. The van der Waals surface area contributed by atoms with E-state index in [9.17, 15) is 18.0 Å². The Kier molecular flexibility index (Phi) is 7.67. The predicted octanol–water partition coefficient (Wildman–Crippen LogP) is 1.80. The number of anilines is 1. The molecule has 1 amide bonds. The van der Waals surface area contributed by atoms with Crippen molar-refractivity contribution in [1.29, 1.82) is 0 Å². The van der Waals surface area contributed by atoms with Gasteiger partial charge in [-0.1, -0.05) is 6.07 Å². The van der Waals surface area contributed by atoms with Crippen molar-refractivity contribution in [1.82, 2.24) is 19.7 Å². The Morgan fingerprint density at radius 3 is 2.59 bits per heavy atom. The molecule has 12 heteroatoms. The lowest BCUT2D eigenvalue weighted by Crippen LogP contribution is -2.39. The lowest BCUT2D eigenvalue weighted by molar-refractivity contribution is -0.192. The second-order valence-electron chi connectivity index (χ2n) is 7.37. The van der Waals surface area contributed by atoms with Crippen molar-refractivity contribution in [2.24, 2.45) is 5.92 Å². The van der Waals surface area contributed by atoms with E-state index in [0.717, 1.165) is 37.4 Å². The summed E-state index contributed by atoms with van der Waals surface area (Å²) in [6, 6.07) is 5.94. The zero-order valence-corrected chi connectivity index (χ0v) is 17.2. The van der Waals surface area contributed by atoms with Crippen LogP contribution in [-0.2, 0) is 27.4 Å². The molecule has 2 aromatic rings. The summed E-state index contributed by atoms with van der Waals surface area (Å²) in [5.41, 5.74) is 1.10. The van der Waals surface area contributed by atoms with Crippen molar-refractivity contribution in [3.63, 3.8) is 0 Å². The van der Waals surface area contributed by atoms with Crippen LogP contribution in [0.25, 0.3) is 0 Å². The van der Waals surface area contributed by atoms with Crippen molar-refractivity contribution < 1.29 is 32.6 Å². The number of carbonyl (C=O) groups is 2. The van der Waals surface area contributed by atoms with Crippen LogP contribution in [-0.4, -0.2) is 75.7 Å². The molecule has 1 N–H and O–H groups in total. The number of aromatic nitrogens is 3. The summed E-state index contributed by atoms with van der Waals surface area (Å²) in [5, 5.41) is 11.4. The first-order valence-corrected chi connectivity index (χ1v) is 10.1. The maximum absolute atomic E-state index is 12.8. The highest BCUT2D eigenvalue weighted by Gasteiger charge is 2.38. The van der Waals surface area contributed by atoms with Crippen molar-refractivity contribution >= 4 is 17.7 Å². The number of ether oxygens (including phenoxy) is 1. The van der Waals surface area contributed by atoms with Crippen molar-refractivity contribution in [2.75, 3.05) is 37.7 Å². The fourth-order valence-corrected chi connectivity index (χ4v) is 3.52. The molecule has 1 fully saturated rings. The number of pyridine rings is 1. The number of hydrogen-bond donors (Lipinski definition) is 1. The summed E-state index contributed by atoms with van der Waals surface area (Å²) >= 11 is 0. The van der Waals surface area contributed by atoms with Crippen LogP contribution < -0.4 is 4.90 Å². The maximum Gasteiger partial charge on any atom is 0.490 e. The Balaban J connectivity index is 0.000000360. The van der Waals surface area contributed by atoms with Gasteiger partial charge < -0.3 is 19.6 Å². The predicted molar refractivity (Wildman–Crippen MR) is 107 cm³/mol. The minimum absolute atomic E-state index is 0.00995. The number of carboxylic acid groups (broad SMARTS) is 1. The third-order valence-electron chi connectivity index (χ3n) is 5.16. The minimum atomic E-state index is -5.08. The molecule has 0 spiro atoms. The third kappa shape index (κ3) is 6.19. The van der Waals surface area contributed by atoms with Crippen LogP contribution in [0.2, 0.25) is 0 Å². The number of amides is 1. The molecular formula is C20H24F3N5O4. The summed E-state index contributed by atoms with van der Waals surface area (Å²) in [6.07, 6.45) is 1.33. The molecule has 2 aliphatic heterocycles. The average Bonchev–Trinajstić information content (AvgIpc) is 3.44. The van der Waals surface area contributed by atoms with Crippen molar-refractivity contribution in [3.8, 4) is 0 Å². The summed E-state index contributed by atoms with van der Waals surface area (Å²) < 4.78 is 39.0. The number of rotatable bonds is 4. The normalized spacial score (nSPS) is 18.4. The molecule has 4 rings (SSSR count). The molecule has 0 saturated carbocycles. The second-order valence-corrected chi connectivity index (χ2v) is 7.37. The zero-order chi connectivity index (χ0) is 23.1. The Bertz CT molecular complexity index is 901. The smallest absolute Gasteiger partial charge is 0.475 e. The topological polar surface area (TPSA) is 101 Å². The highest BCUT2D eigenvalue weighted by molar-refractivity contribution is 5.79. The van der Waals surface area contributed by atoms with Gasteiger partial charge in [0.05, 0.1) is 19.1 Å². The van der Waals surface area contributed by atoms with Crippen LogP contribution in [0.3, 0.4) is 0 Å². The number of hydrogen-bond acceptors (Lipinski definition) is 6. The summed E-state index contributed by atoms with van der Waals surface area (Å²) in [6.45, 7) is 4.98. The summed E-state index contributed by atoms with van der Waals surface area (Å²) in [4.78, 5) is 30.5. The first-order valence-electron chi connectivity index (χ1n) is 10.1. The molecule has 0 radical (unpaired) electrons. The van der Waals surface area contributed by atoms with Gasteiger partial charge >= 0.3 is 12.1 Å². The molecule has 9 nitrogen and oxygen atoms in total. The Hall–Kier alpha value is -3.15. The van der Waals surface area contributed by atoms with Gasteiger partial charge in [-0.05, 0) is 18.6 Å². The molecule has 2 aromatic heterocycles. The monoisotopic (exact) mass is 455 g/mol. The van der Waals surface area contributed by atoms with Gasteiger partial charge in [-0.2, -0.15) is 18.3 Å². The van der Waals surface area contributed by atoms with E-state index >= 15 is 0 Å². The van der Waals surface area contributed by atoms with Gasteiger partial charge in [-0.3, -0.25) is 9.48 Å². The van der Waals surface area contributed by atoms with Gasteiger partial charge in [0.25, 0.3) is 0 Å². The number of aliphatic carboxylic acids is 1. The number of alkyl halides is 3. The van der Waals surface area contributed by atoms with Gasteiger partial charge in [0.15, 0.2) is 0 Å². The van der Waals surface area contributed by atoms with Crippen LogP contribution in [0.5, 0.6) is 0 Å². The van der Waals surface area contributed by atoms with E-state index in [1.54, 1.807) is 6.20 Å². The number of nitrogens with zero attached hydrogens (tertiary/aromatic N) is 5. The molecule has 32 heavy (non-hydrogen) atoms. The Morgan fingerprint density at radius 2 is 1.97 bits per heavy atom. The van der Waals surface area contributed by atoms with Crippen LogP contribution in [0, 0.1) is 5.92 Å². The van der Waals surface area contributed by atoms with E-state index in [1.165, 1.54) is 0 Å². The van der Waals surface area contributed by atoms with Crippen molar-refractivity contribution in [2.45, 2.75) is 25.7 Å². The van der Waals surface area contributed by atoms with E-state index in [2.05, 4.69) is 21.0 Å². The number of carbonyl (C=O) groups excluding carboxylic acids is 1. The van der Waals surface area contributed by atoms with Crippen LogP contribution in [0.4, 0.5) is 19.0 Å². The molecule has 1 saturated heterocycles. The zero-order valence-electron chi connectivity index (χ0n) is 17.2. The molecule has 174 valence electrons. The molecular weight excluding hydrogens is 431 g/mol. The van der Waals surface area contributed by atoms with E-state index in [0.29, 0.717) is 26.3 Å². The lowest BCUT2D eigenvalue weighted by atomic mass is 10.1. The molecule has 1 atom stereocenters. The largest absolute Gasteiger partial charge is 0.490 e. The van der Waals surface area contributed by atoms with Gasteiger partial charge in [0.2, 0.25) is 5.91 Å². The molecule has 0 aliphatic carbocycles. The van der Waals surface area contributed by atoms with E-state index in [-0.39, 0.29) is 11.8 Å². The maximum atomic E-state index is 12.8. The van der Waals surface area contributed by atoms with Gasteiger partial charge in [-0.25, -0.2) is 9.78 Å². The van der Waals surface area contributed by atoms with Crippen molar-refractivity contribution in [3.05, 3.63) is 42.4 Å². The number of fused-ring (bicyclic) bond motifs is 1. The molecule has 1 unspecified atom stereocenters. The van der Waals surface area contributed by atoms with E-state index in [1.807, 2.05) is 34.1 Å². The highest BCUT2D eigenvalue weighted by atomic mass is 19.4. The Labute approximate surface area is 182 Å². The summed E-state index contributed by atoms with van der Waals surface area (Å²) in [5.74, 6) is -1.56. The van der Waals surface area contributed by atoms with Crippen LogP contribution in [0.1, 0.15) is 12.0 Å². The summed E-state index contributed by atoms with van der Waals surface area (Å²) in [7, 11) is 0. The SMILES string of the molecule is O=C(C1CCOC1)N1CCN(CCn2cccn2)c2ncccc2C1.O=C(O)C(F)(F)F. The molecule has 4 heterocycles. The second kappa shape index (κ2) is 10.4. The Morgan fingerprint density at radius 1 is 1.19 bits per heavy atom. The van der Waals surface area contributed by atoms with Crippen LogP contribution in [0.15, 0.2) is 36.8 Å². The first-order chi connectivity index (χ1) is 15.3. The van der Waals surface area contributed by atoms with Gasteiger partial charge in [0, 0.05) is 56.9 Å². The van der Waals surface area contributed by atoms with Gasteiger partial charge in [-0.15, -0.1) is 0 Å². The lowest BCUT2D eigenvalue weighted by Gasteiger charge is -2.25. The fraction of sp³-hybridized carbons (Fsp3) is 0.500. The highest BCUT2D eigenvalue weighted by Crippen LogP contribution is 2.25. The van der Waals surface area contributed by atoms with E-state index < -0.39 is 12.1 Å². The first kappa shape index (κ1) is 23.5. The number of halogens is 3. The van der Waals surface area contributed by atoms with Crippen LogP contribution >= 0.6 is 0 Å². The van der Waals surface area contributed by atoms with E-state index in [4.69, 9.17) is 14.6 Å². The third-order valence-corrected chi connectivity index (χ3v) is 5.16. The minimum Gasteiger partial charge on any atom is -0.475 e. The van der Waals surface area contributed by atoms with Gasteiger partial charge in [0.1, 0.15) is 5.82 Å². The molecule has 0 aromatic carbocycles. The molecule has 2 aliphatic rings. The quantitative estimate of drug-likeness (QED) is 0.750. The average molecular weight is 455 g/mol. The molecule has 0 bridgehead atoms.